The van der Waals surface area contributed by atoms with Crippen molar-refractivity contribution in [2.45, 2.75) is 6.42 Å². The van der Waals surface area contributed by atoms with E-state index >= 15 is 0 Å². The molecule has 6 heteroatoms. The third kappa shape index (κ3) is 2.76. The lowest BCUT2D eigenvalue weighted by molar-refractivity contribution is -0.148. The monoisotopic (exact) mass is 276 g/mol. The third-order valence-corrected chi connectivity index (χ3v) is 2.15. The van der Waals surface area contributed by atoms with Gasteiger partial charge in [0.25, 0.3) is 0 Å². The topological polar surface area (TPSA) is 74.6 Å². The average Bonchev–Trinajstić information content (AvgIpc) is 2.13. The molecule has 0 unspecified atom stereocenters. The number of hydrogen-bond acceptors (Lipinski definition) is 3. The van der Waals surface area contributed by atoms with Gasteiger partial charge in [-0.25, -0.2) is 9.18 Å². The first-order valence-electron chi connectivity index (χ1n) is 3.85. The summed E-state index contributed by atoms with van der Waals surface area (Å²) in [5.41, 5.74) is -0.0609. The van der Waals surface area contributed by atoms with Gasteiger partial charge in [0.1, 0.15) is 0 Å². The summed E-state index contributed by atoms with van der Waals surface area (Å²) in [6.45, 7) is 0. The summed E-state index contributed by atoms with van der Waals surface area (Å²) in [7, 11) is 0. The average molecular weight is 277 g/mol. The van der Waals surface area contributed by atoms with Crippen molar-refractivity contribution in [1.82, 2.24) is 0 Å². The van der Waals surface area contributed by atoms with Gasteiger partial charge in [0, 0.05) is 16.5 Å². The number of carboxylic acids is 1. The van der Waals surface area contributed by atoms with Crippen molar-refractivity contribution in [3.8, 4) is 5.75 Å². The van der Waals surface area contributed by atoms with Crippen molar-refractivity contribution in [1.29, 1.82) is 0 Å². The lowest BCUT2D eigenvalue weighted by atomic mass is 10.1. The quantitative estimate of drug-likeness (QED) is 0.821. The lowest BCUT2D eigenvalue weighted by Crippen LogP contribution is -2.15. The molecule has 2 N–H and O–H groups in total. The Balaban J connectivity index is 3.05. The second-order valence-corrected chi connectivity index (χ2v) is 3.72. The number of hydrogen-bond donors (Lipinski definition) is 2. The fourth-order valence-corrected chi connectivity index (χ4v) is 1.48. The van der Waals surface area contributed by atoms with E-state index in [1.807, 2.05) is 0 Å². The molecule has 1 aromatic rings. The zero-order valence-electron chi connectivity index (χ0n) is 7.33. The van der Waals surface area contributed by atoms with Gasteiger partial charge in [-0.15, -0.1) is 0 Å². The van der Waals surface area contributed by atoms with E-state index in [0.29, 0.717) is 4.47 Å². The van der Waals surface area contributed by atoms with Gasteiger partial charge in [-0.2, -0.15) is 0 Å². The number of Topliss-reactive ketones (excluding diaryl/α,β-unsaturated/α-hetero) is 1. The minimum absolute atomic E-state index is 0.0609. The summed E-state index contributed by atoms with van der Waals surface area (Å²) in [5.74, 6) is -4.33. The molecular weight excluding hydrogens is 271 g/mol. The van der Waals surface area contributed by atoms with E-state index in [1.165, 1.54) is 6.07 Å². The number of benzene rings is 1. The molecule has 4 nitrogen and oxygen atoms in total. The van der Waals surface area contributed by atoms with Crippen LogP contribution in [-0.4, -0.2) is 22.0 Å². The third-order valence-electron chi connectivity index (χ3n) is 1.70. The van der Waals surface area contributed by atoms with Gasteiger partial charge in [-0.1, -0.05) is 15.9 Å². The van der Waals surface area contributed by atoms with Gasteiger partial charge < -0.3 is 10.2 Å². The summed E-state index contributed by atoms with van der Waals surface area (Å²) in [6.07, 6.45) is -0.544. The SMILES string of the molecule is O=C(O)C(=O)Cc1cc(Br)cc(F)c1O. The Morgan fingerprint density at radius 2 is 2.00 bits per heavy atom. The maximum absolute atomic E-state index is 13.0. The Morgan fingerprint density at radius 3 is 2.53 bits per heavy atom. The highest BCUT2D eigenvalue weighted by Gasteiger charge is 2.17. The Labute approximate surface area is 92.5 Å². The normalized spacial score (nSPS) is 10.0. The molecule has 0 spiro atoms. The molecule has 0 bridgehead atoms. The van der Waals surface area contributed by atoms with Gasteiger partial charge in [0.15, 0.2) is 11.6 Å². The van der Waals surface area contributed by atoms with Crippen molar-refractivity contribution in [2.24, 2.45) is 0 Å². The number of carboxylic acid groups (broad SMARTS) is 1. The van der Waals surface area contributed by atoms with Crippen LogP contribution in [0.3, 0.4) is 0 Å². The number of phenolic OH excluding ortho intramolecular Hbond substituents is 1. The van der Waals surface area contributed by atoms with E-state index in [2.05, 4.69) is 15.9 Å². The Bertz CT molecular complexity index is 430. The van der Waals surface area contributed by atoms with Gasteiger partial charge in [-0.05, 0) is 12.1 Å². The predicted molar refractivity (Wildman–Crippen MR) is 52.1 cm³/mol. The van der Waals surface area contributed by atoms with Crippen molar-refractivity contribution in [2.75, 3.05) is 0 Å². The molecule has 0 saturated heterocycles. The number of rotatable bonds is 3. The highest BCUT2D eigenvalue weighted by molar-refractivity contribution is 9.10. The summed E-state index contributed by atoms with van der Waals surface area (Å²) in [6, 6.07) is 2.31. The fraction of sp³-hybridized carbons (Fsp3) is 0.111. The van der Waals surface area contributed by atoms with Crippen LogP contribution in [0.2, 0.25) is 0 Å². The number of halogens is 2. The smallest absolute Gasteiger partial charge is 0.372 e. The zero-order chi connectivity index (χ0) is 11.6. The van der Waals surface area contributed by atoms with Crippen LogP contribution in [0.15, 0.2) is 16.6 Å². The minimum atomic E-state index is -1.62. The van der Waals surface area contributed by atoms with Crippen molar-refractivity contribution in [3.63, 3.8) is 0 Å². The summed E-state index contributed by atoms with van der Waals surface area (Å²) >= 11 is 2.96. The molecule has 0 saturated carbocycles. The van der Waals surface area contributed by atoms with E-state index in [4.69, 9.17) is 5.11 Å². The van der Waals surface area contributed by atoms with Gasteiger partial charge in [0.2, 0.25) is 5.78 Å². The first-order valence-corrected chi connectivity index (χ1v) is 4.64. The molecule has 0 fully saturated rings. The summed E-state index contributed by atoms with van der Waals surface area (Å²) in [4.78, 5) is 21.1. The highest BCUT2D eigenvalue weighted by atomic mass is 79.9. The Kier molecular flexibility index (Phi) is 3.41. The van der Waals surface area contributed by atoms with Crippen LogP contribution in [0.1, 0.15) is 5.56 Å². The van der Waals surface area contributed by atoms with Crippen LogP contribution in [0.4, 0.5) is 4.39 Å². The van der Waals surface area contributed by atoms with E-state index in [0.717, 1.165) is 6.07 Å². The molecule has 80 valence electrons. The maximum atomic E-state index is 13.0. The highest BCUT2D eigenvalue weighted by Crippen LogP contribution is 2.26. The van der Waals surface area contributed by atoms with Crippen LogP contribution < -0.4 is 0 Å². The molecule has 0 radical (unpaired) electrons. The predicted octanol–water partition coefficient (Wildman–Crippen LogP) is 1.49. The number of ketones is 1. The lowest BCUT2D eigenvalue weighted by Gasteiger charge is -2.04. The standard InChI is InChI=1S/C9H6BrFO4/c10-5-1-4(2-7(12)9(14)15)8(13)6(11)3-5/h1,3,13H,2H2,(H,14,15). The molecule has 15 heavy (non-hydrogen) atoms. The summed E-state index contributed by atoms with van der Waals surface area (Å²) < 4.78 is 13.3. The van der Waals surface area contributed by atoms with Gasteiger partial charge in [0.05, 0.1) is 0 Å². The number of phenols is 1. The van der Waals surface area contributed by atoms with Crippen LogP contribution in [-0.2, 0) is 16.0 Å². The molecule has 1 aromatic carbocycles. The van der Waals surface area contributed by atoms with Crippen LogP contribution in [0, 0.1) is 5.82 Å². The van der Waals surface area contributed by atoms with Crippen LogP contribution in [0.5, 0.6) is 5.75 Å². The van der Waals surface area contributed by atoms with E-state index in [9.17, 15) is 19.1 Å². The second kappa shape index (κ2) is 4.39. The molecule has 0 aromatic heterocycles. The first kappa shape index (κ1) is 11.6. The number of carbonyl (C=O) groups is 2. The summed E-state index contributed by atoms with van der Waals surface area (Å²) in [5, 5.41) is 17.5. The van der Waals surface area contributed by atoms with Crippen LogP contribution in [0.25, 0.3) is 0 Å². The molecule has 0 aliphatic heterocycles. The van der Waals surface area contributed by atoms with Gasteiger partial charge in [-0.3, -0.25) is 4.79 Å². The molecule has 1 rings (SSSR count). The minimum Gasteiger partial charge on any atom is -0.505 e. The molecule has 0 atom stereocenters. The largest absolute Gasteiger partial charge is 0.505 e. The molecule has 0 aliphatic rings. The fourth-order valence-electron chi connectivity index (χ4n) is 1.00. The maximum Gasteiger partial charge on any atom is 0.372 e. The molecule has 0 aliphatic carbocycles. The first-order chi connectivity index (χ1) is 6.91. The second-order valence-electron chi connectivity index (χ2n) is 2.80. The molecular formula is C9H6BrFO4. The number of aliphatic carboxylic acids is 1. The number of aromatic hydroxyl groups is 1. The van der Waals surface area contributed by atoms with Gasteiger partial charge >= 0.3 is 5.97 Å². The van der Waals surface area contributed by atoms with E-state index < -0.39 is 29.7 Å². The van der Waals surface area contributed by atoms with E-state index in [-0.39, 0.29) is 5.56 Å². The number of carbonyl (C=O) groups excluding carboxylic acids is 1. The zero-order valence-corrected chi connectivity index (χ0v) is 8.91. The van der Waals surface area contributed by atoms with Crippen molar-refractivity contribution < 1.29 is 24.2 Å². The van der Waals surface area contributed by atoms with Crippen molar-refractivity contribution >= 4 is 27.7 Å². The Morgan fingerprint density at radius 1 is 1.40 bits per heavy atom. The molecule has 0 amide bonds. The Hall–Kier alpha value is -1.43. The van der Waals surface area contributed by atoms with Crippen molar-refractivity contribution in [3.05, 3.63) is 28.0 Å². The molecule has 0 heterocycles. The van der Waals surface area contributed by atoms with E-state index in [1.54, 1.807) is 0 Å². The van der Waals surface area contributed by atoms with Crippen LogP contribution >= 0.6 is 15.9 Å².